The van der Waals surface area contributed by atoms with Gasteiger partial charge in [-0.25, -0.2) is 0 Å². The number of benzene rings is 2. The molecule has 8 nitrogen and oxygen atoms in total. The van der Waals surface area contributed by atoms with Gasteiger partial charge in [-0.15, -0.1) is 0 Å². The van der Waals surface area contributed by atoms with E-state index in [1.165, 1.54) is 30.6 Å². The molecule has 0 atom stereocenters. The first-order valence-corrected chi connectivity index (χ1v) is 12.1. The molecule has 34 heavy (non-hydrogen) atoms. The molecule has 2 aliphatic rings. The molecule has 2 aromatic carbocycles. The minimum absolute atomic E-state index is 0.0221. The number of imide groups is 1. The van der Waals surface area contributed by atoms with Crippen LogP contribution in [0.25, 0.3) is 6.08 Å². The first-order valence-electron chi connectivity index (χ1n) is 11.2. The minimum Gasteiger partial charge on any atom is -0.493 e. The number of methoxy groups -OCH3 is 1. The van der Waals surface area contributed by atoms with Crippen molar-refractivity contribution in [2.24, 2.45) is 5.92 Å². The van der Waals surface area contributed by atoms with Crippen molar-refractivity contribution in [2.75, 3.05) is 13.7 Å². The number of nitro groups is 1. The van der Waals surface area contributed by atoms with Gasteiger partial charge in [0, 0.05) is 18.7 Å². The summed E-state index contributed by atoms with van der Waals surface area (Å²) < 4.78 is 11.3. The number of thioether (sulfide) groups is 1. The zero-order valence-electron chi connectivity index (χ0n) is 18.9. The van der Waals surface area contributed by atoms with E-state index in [1.807, 2.05) is 0 Å². The van der Waals surface area contributed by atoms with Gasteiger partial charge >= 0.3 is 0 Å². The second kappa shape index (κ2) is 10.7. The fourth-order valence-electron chi connectivity index (χ4n) is 4.20. The lowest BCUT2D eigenvalue weighted by Crippen LogP contribution is -2.34. The van der Waals surface area contributed by atoms with E-state index < -0.39 is 4.92 Å². The summed E-state index contributed by atoms with van der Waals surface area (Å²) in [5.41, 5.74) is 1.53. The first-order chi connectivity index (χ1) is 16.4. The quantitative estimate of drug-likeness (QED) is 0.266. The highest BCUT2D eigenvalue weighted by molar-refractivity contribution is 8.18. The molecule has 1 aliphatic carbocycles. The van der Waals surface area contributed by atoms with Gasteiger partial charge in [0.1, 0.15) is 6.61 Å². The van der Waals surface area contributed by atoms with Gasteiger partial charge in [-0.3, -0.25) is 24.6 Å². The van der Waals surface area contributed by atoms with Crippen LogP contribution in [0.4, 0.5) is 10.5 Å². The zero-order chi connectivity index (χ0) is 24.1. The Bertz CT molecular complexity index is 1110. The van der Waals surface area contributed by atoms with Crippen LogP contribution in [0.5, 0.6) is 11.5 Å². The molecule has 9 heteroatoms. The number of rotatable bonds is 8. The Morgan fingerprint density at radius 2 is 1.82 bits per heavy atom. The summed E-state index contributed by atoms with van der Waals surface area (Å²) in [6.45, 7) is 0.717. The van der Waals surface area contributed by atoms with E-state index in [-0.39, 0.29) is 23.4 Å². The first kappa shape index (κ1) is 23.8. The predicted molar refractivity (Wildman–Crippen MR) is 130 cm³/mol. The van der Waals surface area contributed by atoms with Crippen LogP contribution in [0.3, 0.4) is 0 Å². The molecule has 0 aromatic heterocycles. The second-order valence-electron chi connectivity index (χ2n) is 8.42. The lowest BCUT2D eigenvalue weighted by Gasteiger charge is -2.25. The number of carbonyl (C=O) groups excluding carboxylic acids is 2. The zero-order valence-corrected chi connectivity index (χ0v) is 19.7. The normalized spacial score (nSPS) is 17.9. The van der Waals surface area contributed by atoms with E-state index in [9.17, 15) is 19.7 Å². The van der Waals surface area contributed by atoms with Crippen molar-refractivity contribution in [2.45, 2.75) is 38.7 Å². The highest BCUT2D eigenvalue weighted by atomic mass is 32.2. The monoisotopic (exact) mass is 482 g/mol. The van der Waals surface area contributed by atoms with Crippen LogP contribution in [-0.4, -0.2) is 34.6 Å². The predicted octanol–water partition coefficient (Wildman–Crippen LogP) is 5.80. The number of nitrogens with zero attached hydrogens (tertiary/aromatic N) is 2. The number of amides is 2. The molecule has 1 saturated carbocycles. The smallest absolute Gasteiger partial charge is 0.293 e. The Morgan fingerprint density at radius 1 is 1.09 bits per heavy atom. The third-order valence-corrected chi connectivity index (χ3v) is 6.97. The minimum atomic E-state index is -0.447. The fourth-order valence-corrected chi connectivity index (χ4v) is 5.05. The van der Waals surface area contributed by atoms with E-state index in [1.54, 1.807) is 36.4 Å². The van der Waals surface area contributed by atoms with Crippen molar-refractivity contribution < 1.29 is 24.0 Å². The van der Waals surface area contributed by atoms with Crippen molar-refractivity contribution >= 4 is 34.7 Å². The summed E-state index contributed by atoms with van der Waals surface area (Å²) in [6, 6.07) is 11.4. The Kier molecular flexibility index (Phi) is 7.52. The number of ether oxygens (including phenoxy) is 2. The second-order valence-corrected chi connectivity index (χ2v) is 9.41. The van der Waals surface area contributed by atoms with Gasteiger partial charge in [-0.1, -0.05) is 25.3 Å². The third-order valence-electron chi connectivity index (χ3n) is 6.07. The molecule has 1 saturated heterocycles. The lowest BCUT2D eigenvalue weighted by molar-refractivity contribution is -0.384. The summed E-state index contributed by atoms with van der Waals surface area (Å²) in [4.78, 5) is 37.4. The summed E-state index contributed by atoms with van der Waals surface area (Å²) in [7, 11) is 1.52. The van der Waals surface area contributed by atoms with E-state index >= 15 is 0 Å². The molecule has 2 fully saturated rings. The van der Waals surface area contributed by atoms with E-state index in [4.69, 9.17) is 9.47 Å². The summed E-state index contributed by atoms with van der Waals surface area (Å²) >= 11 is 0.972. The van der Waals surface area contributed by atoms with Crippen LogP contribution >= 0.6 is 11.8 Å². The molecule has 0 bridgehead atoms. The Balaban J connectivity index is 1.42. The standard InChI is InChI=1S/C25H26N2O6S/c1-32-22-13-19(9-12-21(22)33-16-18-7-10-20(11-8-18)27(30)31)14-23-24(28)26(25(29)34-23)15-17-5-3-2-4-6-17/h7-14,17H,2-6,15-16H2,1H3/b23-14+. The SMILES string of the molecule is COc1cc(/C=C2/SC(=O)N(CC3CCCCC3)C2=O)ccc1OCc1ccc([N+](=O)[O-])cc1. The molecule has 178 valence electrons. The Morgan fingerprint density at radius 3 is 2.50 bits per heavy atom. The molecule has 0 N–H and O–H groups in total. The lowest BCUT2D eigenvalue weighted by atomic mass is 9.89. The van der Waals surface area contributed by atoms with Crippen LogP contribution < -0.4 is 9.47 Å². The van der Waals surface area contributed by atoms with Crippen molar-refractivity contribution in [3.8, 4) is 11.5 Å². The highest BCUT2D eigenvalue weighted by Gasteiger charge is 2.36. The molecule has 0 spiro atoms. The Hall–Kier alpha value is -3.33. The summed E-state index contributed by atoms with van der Waals surface area (Å²) in [5.74, 6) is 1.15. The van der Waals surface area contributed by atoms with Crippen molar-refractivity contribution in [3.05, 3.63) is 68.6 Å². The largest absolute Gasteiger partial charge is 0.493 e. The van der Waals surface area contributed by atoms with Gasteiger partial charge in [0.15, 0.2) is 11.5 Å². The number of carbonyl (C=O) groups is 2. The van der Waals surface area contributed by atoms with Crippen molar-refractivity contribution in [1.82, 2.24) is 4.90 Å². The number of hydrogen-bond donors (Lipinski definition) is 0. The number of non-ortho nitro benzene ring substituents is 1. The van der Waals surface area contributed by atoms with Gasteiger partial charge in [0.25, 0.3) is 16.8 Å². The van der Waals surface area contributed by atoms with E-state index in [2.05, 4.69) is 0 Å². The molecule has 0 radical (unpaired) electrons. The molecule has 4 rings (SSSR count). The Labute approximate surface area is 202 Å². The molecule has 2 amide bonds. The molecule has 1 heterocycles. The van der Waals surface area contributed by atoms with Crippen LogP contribution in [0.2, 0.25) is 0 Å². The summed E-state index contributed by atoms with van der Waals surface area (Å²) in [5, 5.41) is 10.6. The molecule has 0 unspecified atom stereocenters. The molecule has 1 aliphatic heterocycles. The van der Waals surface area contributed by atoms with Gasteiger partial charge in [-0.05, 0) is 72.0 Å². The van der Waals surface area contributed by atoms with Gasteiger partial charge in [-0.2, -0.15) is 0 Å². The number of hydrogen-bond acceptors (Lipinski definition) is 7. The van der Waals surface area contributed by atoms with Crippen LogP contribution in [0.1, 0.15) is 43.2 Å². The van der Waals surface area contributed by atoms with Gasteiger partial charge in [0.05, 0.1) is 16.9 Å². The molecular weight excluding hydrogens is 456 g/mol. The van der Waals surface area contributed by atoms with E-state index in [0.29, 0.717) is 28.9 Å². The number of nitro benzene ring substituents is 1. The van der Waals surface area contributed by atoms with Gasteiger partial charge in [0.2, 0.25) is 0 Å². The average molecular weight is 483 g/mol. The highest BCUT2D eigenvalue weighted by Crippen LogP contribution is 2.36. The van der Waals surface area contributed by atoms with E-state index in [0.717, 1.165) is 48.6 Å². The third kappa shape index (κ3) is 5.59. The maximum Gasteiger partial charge on any atom is 0.293 e. The molecule has 2 aromatic rings. The van der Waals surface area contributed by atoms with Crippen LogP contribution in [0, 0.1) is 16.0 Å². The molecular formula is C25H26N2O6S. The summed E-state index contributed by atoms with van der Waals surface area (Å²) in [6.07, 6.45) is 7.39. The maximum absolute atomic E-state index is 12.9. The van der Waals surface area contributed by atoms with Crippen molar-refractivity contribution in [1.29, 1.82) is 0 Å². The van der Waals surface area contributed by atoms with Crippen molar-refractivity contribution in [3.63, 3.8) is 0 Å². The fraction of sp³-hybridized carbons (Fsp3) is 0.360. The van der Waals surface area contributed by atoms with Crippen LogP contribution in [0.15, 0.2) is 47.4 Å². The maximum atomic E-state index is 12.9. The van der Waals surface area contributed by atoms with Gasteiger partial charge < -0.3 is 9.47 Å². The van der Waals surface area contributed by atoms with Crippen LogP contribution in [-0.2, 0) is 11.4 Å². The topological polar surface area (TPSA) is 99.0 Å². The average Bonchev–Trinajstić information content (AvgIpc) is 3.11.